The maximum Gasteiger partial charge on any atom is 0.169 e. The molecule has 0 aromatic heterocycles. The number of quaternary nitrogens is 1. The van der Waals surface area contributed by atoms with Crippen molar-refractivity contribution in [2.45, 2.75) is 38.6 Å². The van der Waals surface area contributed by atoms with E-state index in [9.17, 15) is 5.11 Å². The van der Waals surface area contributed by atoms with Gasteiger partial charge in [0, 0.05) is 29.5 Å². The van der Waals surface area contributed by atoms with E-state index >= 15 is 0 Å². The molecule has 0 saturated heterocycles. The van der Waals surface area contributed by atoms with E-state index in [1.54, 1.807) is 32.3 Å². The minimum Gasteiger partial charge on any atom is -1.00 e. The molecule has 29 heavy (non-hydrogen) atoms. The number of benzene rings is 2. The summed E-state index contributed by atoms with van der Waals surface area (Å²) in [4.78, 5) is 1.64. The van der Waals surface area contributed by atoms with Gasteiger partial charge >= 0.3 is 0 Å². The molecular weight excluding hydrogens is 390 g/mol. The summed E-state index contributed by atoms with van der Waals surface area (Å²) in [5, 5.41) is 10.5. The van der Waals surface area contributed by atoms with E-state index in [1.165, 1.54) is 36.1 Å². The summed E-state index contributed by atoms with van der Waals surface area (Å²) in [5.74, 6) is 2.15. The Morgan fingerprint density at radius 1 is 1.03 bits per heavy atom. The van der Waals surface area contributed by atoms with Crippen LogP contribution in [0.25, 0.3) is 11.1 Å². The Bertz CT molecular complexity index is 899. The van der Waals surface area contributed by atoms with Gasteiger partial charge in [-0.25, -0.2) is 0 Å². The molecule has 2 unspecified atom stereocenters. The number of phenols is 1. The van der Waals surface area contributed by atoms with Crippen LogP contribution >= 0.6 is 0 Å². The van der Waals surface area contributed by atoms with Crippen LogP contribution < -0.4 is 31.5 Å². The number of rotatable bonds is 6. The fourth-order valence-corrected chi connectivity index (χ4v) is 5.02. The van der Waals surface area contributed by atoms with Crippen molar-refractivity contribution in [2.24, 2.45) is 0 Å². The number of phenolic OH excluding ortho intramolecular Hbond substituents is 1. The number of hydrogen-bond donors (Lipinski definition) is 2. The molecule has 6 heteroatoms. The summed E-state index contributed by atoms with van der Waals surface area (Å²) >= 11 is 0. The first kappa shape index (κ1) is 21.6. The maximum absolute atomic E-state index is 10.5. The minimum atomic E-state index is 0. The highest BCUT2D eigenvalue weighted by molar-refractivity contribution is 5.88. The predicted molar refractivity (Wildman–Crippen MR) is 109 cm³/mol. The molecular formula is C23H30ClNO4. The quantitative estimate of drug-likeness (QED) is 0.688. The standard InChI is InChI=1S/C23H29NO4.ClH/c1-5-6-10-24-11-9-15-13-18(26-2)23(28-4)21-19(15)16(24)12-14-7-8-17(25)22(27-3)20(14)21;/h7-8,13,16,25H,5-6,9-12H2,1-4H3;1H. The molecule has 1 aliphatic heterocycles. The monoisotopic (exact) mass is 419 g/mol. The summed E-state index contributed by atoms with van der Waals surface area (Å²) in [6.07, 6.45) is 4.41. The van der Waals surface area contributed by atoms with Crippen molar-refractivity contribution < 1.29 is 36.6 Å². The van der Waals surface area contributed by atoms with Crippen LogP contribution in [0, 0.1) is 0 Å². The van der Waals surface area contributed by atoms with E-state index < -0.39 is 0 Å². The molecule has 5 nitrogen and oxygen atoms in total. The average molecular weight is 420 g/mol. The van der Waals surface area contributed by atoms with Crippen LogP contribution in [0.2, 0.25) is 0 Å². The van der Waals surface area contributed by atoms with Gasteiger partial charge < -0.3 is 36.6 Å². The number of fused-ring (bicyclic) bond motifs is 2. The van der Waals surface area contributed by atoms with E-state index in [1.807, 2.05) is 6.07 Å². The van der Waals surface area contributed by atoms with Gasteiger partial charge in [-0.15, -0.1) is 0 Å². The lowest BCUT2D eigenvalue weighted by atomic mass is 9.76. The second-order valence-corrected chi connectivity index (χ2v) is 7.73. The van der Waals surface area contributed by atoms with Crippen molar-refractivity contribution in [3.63, 3.8) is 0 Å². The van der Waals surface area contributed by atoms with Gasteiger partial charge in [0.05, 0.1) is 34.4 Å². The van der Waals surface area contributed by atoms with Gasteiger partial charge in [0.2, 0.25) is 0 Å². The van der Waals surface area contributed by atoms with Gasteiger partial charge in [0.1, 0.15) is 6.04 Å². The summed E-state index contributed by atoms with van der Waals surface area (Å²) in [7, 11) is 4.97. The summed E-state index contributed by atoms with van der Waals surface area (Å²) in [6.45, 7) is 4.57. The molecule has 158 valence electrons. The smallest absolute Gasteiger partial charge is 0.169 e. The van der Waals surface area contributed by atoms with Gasteiger partial charge in [-0.1, -0.05) is 19.4 Å². The van der Waals surface area contributed by atoms with E-state index in [-0.39, 0.29) is 18.2 Å². The summed E-state index contributed by atoms with van der Waals surface area (Å²) < 4.78 is 17.2. The van der Waals surface area contributed by atoms with Crippen molar-refractivity contribution in [2.75, 3.05) is 34.4 Å². The number of unbranched alkanes of at least 4 members (excludes halogenated alkanes) is 1. The van der Waals surface area contributed by atoms with E-state index in [4.69, 9.17) is 14.2 Å². The number of nitrogens with one attached hydrogen (secondary N) is 1. The third kappa shape index (κ3) is 3.40. The van der Waals surface area contributed by atoms with E-state index in [0.29, 0.717) is 11.8 Å². The maximum atomic E-state index is 10.5. The first-order chi connectivity index (χ1) is 13.6. The molecule has 0 fully saturated rings. The Morgan fingerprint density at radius 2 is 1.79 bits per heavy atom. The second-order valence-electron chi connectivity index (χ2n) is 7.73. The predicted octanol–water partition coefficient (Wildman–Crippen LogP) is -0.0727. The van der Waals surface area contributed by atoms with E-state index in [2.05, 4.69) is 13.0 Å². The Kier molecular flexibility index (Phi) is 6.49. The van der Waals surface area contributed by atoms with Crippen LogP contribution in [0.1, 0.15) is 42.5 Å². The fourth-order valence-electron chi connectivity index (χ4n) is 5.02. The topological polar surface area (TPSA) is 52.4 Å². The van der Waals surface area contributed by atoms with Crippen LogP contribution in [0.3, 0.4) is 0 Å². The lowest BCUT2D eigenvalue weighted by Gasteiger charge is -2.40. The molecule has 0 amide bonds. The van der Waals surface area contributed by atoms with Crippen molar-refractivity contribution in [1.29, 1.82) is 0 Å². The minimum absolute atomic E-state index is 0. The van der Waals surface area contributed by atoms with Crippen LogP contribution in [-0.4, -0.2) is 39.5 Å². The van der Waals surface area contributed by atoms with Crippen molar-refractivity contribution >= 4 is 0 Å². The number of hydrogen-bond acceptors (Lipinski definition) is 4. The molecule has 0 spiro atoms. The zero-order valence-electron chi connectivity index (χ0n) is 17.6. The van der Waals surface area contributed by atoms with Gasteiger partial charge in [0.25, 0.3) is 0 Å². The number of aromatic hydroxyl groups is 1. The Hall–Kier alpha value is -2.11. The zero-order chi connectivity index (χ0) is 19.8. The molecule has 1 heterocycles. The molecule has 0 radical (unpaired) electrons. The van der Waals surface area contributed by atoms with Crippen LogP contribution in [0.4, 0.5) is 0 Å². The molecule has 2 aromatic carbocycles. The number of halogens is 1. The molecule has 0 saturated carbocycles. The largest absolute Gasteiger partial charge is 1.00 e. The molecule has 2 aliphatic rings. The highest BCUT2D eigenvalue weighted by Gasteiger charge is 2.41. The third-order valence-corrected chi connectivity index (χ3v) is 6.31. The lowest BCUT2D eigenvalue weighted by molar-refractivity contribution is -0.934. The molecule has 0 bridgehead atoms. The highest BCUT2D eigenvalue weighted by Crippen LogP contribution is 2.54. The lowest BCUT2D eigenvalue weighted by Crippen LogP contribution is -3.13. The fraction of sp³-hybridized carbons (Fsp3) is 0.478. The van der Waals surface area contributed by atoms with Gasteiger partial charge in [-0.05, 0) is 29.7 Å². The van der Waals surface area contributed by atoms with Crippen LogP contribution in [0.5, 0.6) is 23.0 Å². The molecule has 2 aromatic rings. The first-order valence-corrected chi connectivity index (χ1v) is 10.2. The van der Waals surface area contributed by atoms with Crippen molar-refractivity contribution in [3.8, 4) is 34.1 Å². The van der Waals surface area contributed by atoms with Crippen molar-refractivity contribution in [1.82, 2.24) is 0 Å². The highest BCUT2D eigenvalue weighted by atomic mass is 35.5. The van der Waals surface area contributed by atoms with E-state index in [0.717, 1.165) is 42.0 Å². The second kappa shape index (κ2) is 8.72. The van der Waals surface area contributed by atoms with Gasteiger partial charge in [-0.3, -0.25) is 0 Å². The molecule has 2 atom stereocenters. The van der Waals surface area contributed by atoms with Crippen molar-refractivity contribution in [3.05, 3.63) is 34.9 Å². The Balaban J connectivity index is 0.00000240. The Morgan fingerprint density at radius 3 is 2.45 bits per heavy atom. The Labute approximate surface area is 179 Å². The normalized spacial score (nSPS) is 18.9. The SMILES string of the molecule is CCCC[NH+]1CCc2cc(OC)c(OC)c3c2C1Cc1ccc(O)c(OC)c1-3.[Cl-]. The summed E-state index contributed by atoms with van der Waals surface area (Å²) in [6, 6.07) is 6.31. The zero-order valence-corrected chi connectivity index (χ0v) is 18.4. The van der Waals surface area contributed by atoms with Crippen LogP contribution in [0.15, 0.2) is 18.2 Å². The molecule has 2 N–H and O–H groups in total. The average Bonchev–Trinajstić information content (AvgIpc) is 2.72. The van der Waals surface area contributed by atoms with Crippen LogP contribution in [-0.2, 0) is 12.8 Å². The van der Waals surface area contributed by atoms with Gasteiger partial charge in [-0.2, -0.15) is 0 Å². The number of ether oxygens (including phenoxy) is 3. The van der Waals surface area contributed by atoms with Gasteiger partial charge in [0.15, 0.2) is 23.0 Å². The molecule has 4 rings (SSSR count). The number of methoxy groups -OCH3 is 3. The molecule has 1 aliphatic carbocycles. The summed E-state index contributed by atoms with van der Waals surface area (Å²) in [5.41, 5.74) is 5.84. The first-order valence-electron chi connectivity index (χ1n) is 10.2. The third-order valence-electron chi connectivity index (χ3n) is 6.31.